The van der Waals surface area contributed by atoms with Gasteiger partial charge in [0.05, 0.1) is 5.69 Å². The fraction of sp³-hybridized carbons (Fsp3) is 0.800. The molecule has 19 heavy (non-hydrogen) atoms. The lowest BCUT2D eigenvalue weighted by Gasteiger charge is -2.06. The van der Waals surface area contributed by atoms with Crippen LogP contribution in [-0.2, 0) is 19.4 Å². The normalized spacial score (nSPS) is 19.2. The molecule has 3 N–H and O–H groups in total. The fourth-order valence-corrected chi connectivity index (χ4v) is 2.89. The van der Waals surface area contributed by atoms with Crippen LogP contribution in [0.15, 0.2) is 0 Å². The first-order chi connectivity index (χ1) is 9.43. The van der Waals surface area contributed by atoms with E-state index in [0.29, 0.717) is 0 Å². The molecule has 0 spiro atoms. The van der Waals surface area contributed by atoms with Crippen LogP contribution < -0.4 is 10.6 Å². The first-order valence-electron chi connectivity index (χ1n) is 7.92. The molecule has 3 rings (SSSR count). The van der Waals surface area contributed by atoms with Crippen LogP contribution in [0, 0.1) is 0 Å². The molecule has 2 aliphatic rings. The van der Waals surface area contributed by atoms with Crippen molar-refractivity contribution in [2.75, 3.05) is 13.1 Å². The molecule has 1 heterocycles. The summed E-state index contributed by atoms with van der Waals surface area (Å²) in [7, 11) is 0. The minimum atomic E-state index is 0.835. The summed E-state index contributed by atoms with van der Waals surface area (Å²) in [4.78, 5) is 0. The number of fused-ring (bicyclic) bond motifs is 1. The molecular formula is C15H26N4. The van der Waals surface area contributed by atoms with Crippen molar-refractivity contribution in [2.45, 2.75) is 64.0 Å². The standard InChI is InChI=1S/C15H26N4/c1-2-5-13-14(6-3-1)18-19-15(13)11-16-9-4-10-17-12-7-8-12/h12,16-17H,1-11H2,(H,18,19). The molecule has 0 atom stereocenters. The Bertz CT molecular complexity index is 395. The van der Waals surface area contributed by atoms with Gasteiger partial charge in [0.1, 0.15) is 0 Å². The van der Waals surface area contributed by atoms with Gasteiger partial charge in [0.15, 0.2) is 0 Å². The number of nitrogens with zero attached hydrogens (tertiary/aromatic N) is 1. The van der Waals surface area contributed by atoms with Crippen LogP contribution >= 0.6 is 0 Å². The highest BCUT2D eigenvalue weighted by Gasteiger charge is 2.19. The molecule has 0 radical (unpaired) electrons. The van der Waals surface area contributed by atoms with E-state index < -0.39 is 0 Å². The van der Waals surface area contributed by atoms with E-state index in [1.165, 1.54) is 68.3 Å². The van der Waals surface area contributed by atoms with E-state index in [9.17, 15) is 0 Å². The molecule has 0 aliphatic heterocycles. The van der Waals surface area contributed by atoms with Gasteiger partial charge < -0.3 is 10.6 Å². The Morgan fingerprint density at radius 3 is 2.89 bits per heavy atom. The van der Waals surface area contributed by atoms with Gasteiger partial charge in [-0.2, -0.15) is 5.10 Å². The number of nitrogens with one attached hydrogen (secondary N) is 3. The number of H-pyrrole nitrogens is 1. The average Bonchev–Trinajstić information content (AvgIpc) is 3.20. The van der Waals surface area contributed by atoms with Crippen molar-refractivity contribution in [2.24, 2.45) is 0 Å². The number of hydrogen-bond acceptors (Lipinski definition) is 3. The van der Waals surface area contributed by atoms with Crippen LogP contribution in [0.5, 0.6) is 0 Å². The second kappa shape index (κ2) is 6.53. The van der Waals surface area contributed by atoms with Crippen LogP contribution in [0.1, 0.15) is 55.5 Å². The van der Waals surface area contributed by atoms with Gasteiger partial charge in [-0.25, -0.2) is 0 Å². The maximum absolute atomic E-state index is 4.49. The first-order valence-corrected chi connectivity index (χ1v) is 7.92. The summed E-state index contributed by atoms with van der Waals surface area (Å²) in [5.74, 6) is 0. The van der Waals surface area contributed by atoms with Crippen LogP contribution in [0.4, 0.5) is 0 Å². The molecule has 1 fully saturated rings. The Morgan fingerprint density at radius 2 is 2.00 bits per heavy atom. The zero-order chi connectivity index (χ0) is 12.9. The molecule has 0 aromatic carbocycles. The number of aryl methyl sites for hydroxylation is 1. The number of hydrogen-bond donors (Lipinski definition) is 3. The predicted octanol–water partition coefficient (Wildman–Crippen LogP) is 1.91. The predicted molar refractivity (Wildman–Crippen MR) is 77.2 cm³/mol. The number of rotatable bonds is 7. The third kappa shape index (κ3) is 3.80. The van der Waals surface area contributed by atoms with Gasteiger partial charge in [-0.1, -0.05) is 6.42 Å². The van der Waals surface area contributed by atoms with Gasteiger partial charge in [0.25, 0.3) is 0 Å². The van der Waals surface area contributed by atoms with E-state index in [-0.39, 0.29) is 0 Å². The topological polar surface area (TPSA) is 52.7 Å². The molecule has 106 valence electrons. The Hall–Kier alpha value is -0.870. The number of aromatic nitrogens is 2. The van der Waals surface area contributed by atoms with E-state index >= 15 is 0 Å². The number of aromatic amines is 1. The highest BCUT2D eigenvalue weighted by molar-refractivity contribution is 5.26. The molecule has 0 saturated heterocycles. The van der Waals surface area contributed by atoms with Crippen molar-refractivity contribution in [1.82, 2.24) is 20.8 Å². The average molecular weight is 262 g/mol. The summed E-state index contributed by atoms with van der Waals surface area (Å²) in [5.41, 5.74) is 4.15. The third-order valence-electron chi connectivity index (χ3n) is 4.23. The first kappa shape index (κ1) is 13.1. The van der Waals surface area contributed by atoms with Crippen molar-refractivity contribution in [3.05, 3.63) is 17.0 Å². The molecule has 0 bridgehead atoms. The summed E-state index contributed by atoms with van der Waals surface area (Å²) >= 11 is 0. The lowest BCUT2D eigenvalue weighted by atomic mass is 10.1. The van der Waals surface area contributed by atoms with Crippen LogP contribution in [-0.4, -0.2) is 29.3 Å². The third-order valence-corrected chi connectivity index (χ3v) is 4.23. The Kier molecular flexibility index (Phi) is 4.51. The van der Waals surface area contributed by atoms with Gasteiger partial charge in [-0.3, -0.25) is 5.10 Å². The van der Waals surface area contributed by atoms with Crippen molar-refractivity contribution in [3.63, 3.8) is 0 Å². The van der Waals surface area contributed by atoms with E-state index in [2.05, 4.69) is 20.8 Å². The Balaban J connectivity index is 1.38. The van der Waals surface area contributed by atoms with Gasteiger partial charge in [-0.15, -0.1) is 0 Å². The summed E-state index contributed by atoms with van der Waals surface area (Å²) in [6.45, 7) is 3.16. The van der Waals surface area contributed by atoms with E-state index in [4.69, 9.17) is 0 Å². The molecule has 1 saturated carbocycles. The smallest absolute Gasteiger partial charge is 0.0794 e. The Morgan fingerprint density at radius 1 is 1.11 bits per heavy atom. The largest absolute Gasteiger partial charge is 0.314 e. The van der Waals surface area contributed by atoms with Crippen LogP contribution in [0.3, 0.4) is 0 Å². The van der Waals surface area contributed by atoms with Crippen molar-refractivity contribution in [3.8, 4) is 0 Å². The van der Waals surface area contributed by atoms with Crippen molar-refractivity contribution in [1.29, 1.82) is 0 Å². The van der Waals surface area contributed by atoms with E-state index in [1.54, 1.807) is 0 Å². The highest BCUT2D eigenvalue weighted by atomic mass is 15.1. The molecule has 1 aromatic rings. The lowest BCUT2D eigenvalue weighted by Crippen LogP contribution is -2.23. The second-order valence-electron chi connectivity index (χ2n) is 5.95. The molecule has 4 nitrogen and oxygen atoms in total. The monoisotopic (exact) mass is 262 g/mol. The minimum absolute atomic E-state index is 0.835. The summed E-state index contributed by atoms with van der Waals surface area (Å²) < 4.78 is 0. The zero-order valence-electron chi connectivity index (χ0n) is 11.8. The molecule has 2 aliphatic carbocycles. The van der Waals surface area contributed by atoms with E-state index in [1.807, 2.05) is 0 Å². The second-order valence-corrected chi connectivity index (χ2v) is 5.95. The quantitative estimate of drug-likeness (QED) is 0.520. The van der Waals surface area contributed by atoms with E-state index in [0.717, 1.165) is 25.7 Å². The lowest BCUT2D eigenvalue weighted by molar-refractivity contribution is 0.586. The van der Waals surface area contributed by atoms with Crippen LogP contribution in [0.25, 0.3) is 0 Å². The minimum Gasteiger partial charge on any atom is -0.314 e. The highest BCUT2D eigenvalue weighted by Crippen LogP contribution is 2.21. The summed E-state index contributed by atoms with van der Waals surface area (Å²) in [5, 5.41) is 14.8. The zero-order valence-corrected chi connectivity index (χ0v) is 11.8. The van der Waals surface area contributed by atoms with Crippen molar-refractivity contribution < 1.29 is 0 Å². The van der Waals surface area contributed by atoms with Gasteiger partial charge in [0, 0.05) is 18.3 Å². The van der Waals surface area contributed by atoms with Crippen LogP contribution in [0.2, 0.25) is 0 Å². The van der Waals surface area contributed by atoms with Gasteiger partial charge >= 0.3 is 0 Å². The van der Waals surface area contributed by atoms with Gasteiger partial charge in [-0.05, 0) is 63.6 Å². The molecule has 0 unspecified atom stereocenters. The summed E-state index contributed by atoms with van der Waals surface area (Å²) in [6.07, 6.45) is 10.4. The SMILES string of the molecule is C1CCc2[nH]nc(CNCCCNC3CC3)c2CC1. The molecule has 4 heteroatoms. The fourth-order valence-electron chi connectivity index (χ4n) is 2.89. The van der Waals surface area contributed by atoms with Gasteiger partial charge in [0.2, 0.25) is 0 Å². The molecule has 1 aromatic heterocycles. The molecular weight excluding hydrogens is 236 g/mol. The molecule has 0 amide bonds. The summed E-state index contributed by atoms with van der Waals surface area (Å²) in [6, 6.07) is 0.835. The maximum atomic E-state index is 4.49. The Labute approximate surface area is 115 Å². The maximum Gasteiger partial charge on any atom is 0.0794 e. The van der Waals surface area contributed by atoms with Crippen molar-refractivity contribution >= 4 is 0 Å².